The molecule has 2 aromatic heterocycles. The Labute approximate surface area is 181 Å². The van der Waals surface area contributed by atoms with Crippen molar-refractivity contribution in [1.82, 2.24) is 19.2 Å². The van der Waals surface area contributed by atoms with Crippen molar-refractivity contribution in [2.45, 2.75) is 19.4 Å². The number of carbonyl (C=O) groups excluding carboxylic acids is 2. The Morgan fingerprint density at radius 3 is 2.52 bits per heavy atom. The number of imidazole rings is 1. The summed E-state index contributed by atoms with van der Waals surface area (Å²) in [5.41, 5.74) is 2.59. The Morgan fingerprint density at radius 1 is 1.10 bits per heavy atom. The van der Waals surface area contributed by atoms with Gasteiger partial charge in [0.25, 0.3) is 11.7 Å². The van der Waals surface area contributed by atoms with Crippen LogP contribution in [0.1, 0.15) is 29.4 Å². The molecule has 3 aromatic rings. The number of pyridine rings is 1. The smallest absolute Gasteiger partial charge is 0.295 e. The molecule has 0 bridgehead atoms. The van der Waals surface area contributed by atoms with Crippen molar-refractivity contribution in [3.05, 3.63) is 77.3 Å². The lowest BCUT2D eigenvalue weighted by Crippen LogP contribution is -2.32. The van der Waals surface area contributed by atoms with Gasteiger partial charge in [-0.25, -0.2) is 4.98 Å². The first-order chi connectivity index (χ1) is 14.9. The van der Waals surface area contributed by atoms with E-state index in [9.17, 15) is 14.7 Å². The molecule has 0 spiro atoms. The van der Waals surface area contributed by atoms with E-state index in [0.717, 1.165) is 18.5 Å². The number of amides is 1. The molecule has 0 saturated carbocycles. The monoisotopic (exact) mass is 418 g/mol. The molecule has 3 heterocycles. The van der Waals surface area contributed by atoms with Gasteiger partial charge < -0.3 is 14.9 Å². The van der Waals surface area contributed by atoms with Crippen LogP contribution in [0.25, 0.3) is 11.4 Å². The molecule has 1 atom stereocenters. The largest absolute Gasteiger partial charge is 0.505 e. The minimum absolute atomic E-state index is 0.106. The highest BCUT2D eigenvalue weighted by Gasteiger charge is 2.46. The molecule has 1 aliphatic rings. The fourth-order valence-corrected chi connectivity index (χ4v) is 4.18. The highest BCUT2D eigenvalue weighted by atomic mass is 16.3. The Bertz CT molecular complexity index is 1160. The van der Waals surface area contributed by atoms with Gasteiger partial charge in [0, 0.05) is 12.7 Å². The molecule has 0 radical (unpaired) electrons. The van der Waals surface area contributed by atoms with Crippen molar-refractivity contribution < 1.29 is 14.7 Å². The molecule has 4 rings (SSSR count). The average molecular weight is 418 g/mol. The van der Waals surface area contributed by atoms with Crippen LogP contribution < -0.4 is 0 Å². The lowest BCUT2D eigenvalue weighted by Gasteiger charge is -2.26. The number of nitrogens with zero attached hydrogens (tertiary/aromatic N) is 4. The number of aliphatic hydroxyl groups excluding tert-OH is 1. The number of benzene rings is 1. The highest BCUT2D eigenvalue weighted by Crippen LogP contribution is 2.39. The zero-order chi connectivity index (χ0) is 22.1. The number of aryl methyl sites for hydroxylation is 1. The van der Waals surface area contributed by atoms with E-state index >= 15 is 0 Å². The maximum Gasteiger partial charge on any atom is 0.295 e. The van der Waals surface area contributed by atoms with Crippen molar-refractivity contribution in [2.24, 2.45) is 0 Å². The molecule has 1 amide bonds. The van der Waals surface area contributed by atoms with Gasteiger partial charge in [-0.15, -0.1) is 0 Å². The second-order valence-electron chi connectivity index (χ2n) is 8.03. The second-order valence-corrected chi connectivity index (χ2v) is 8.03. The van der Waals surface area contributed by atoms with Gasteiger partial charge in [-0.2, -0.15) is 0 Å². The van der Waals surface area contributed by atoms with Crippen LogP contribution >= 0.6 is 0 Å². The Morgan fingerprint density at radius 2 is 1.81 bits per heavy atom. The van der Waals surface area contributed by atoms with Crippen molar-refractivity contribution in [2.75, 3.05) is 27.2 Å². The molecule has 1 saturated heterocycles. The van der Waals surface area contributed by atoms with E-state index in [1.165, 1.54) is 0 Å². The summed E-state index contributed by atoms with van der Waals surface area (Å²) in [4.78, 5) is 34.2. The van der Waals surface area contributed by atoms with Gasteiger partial charge in [0.2, 0.25) is 0 Å². The van der Waals surface area contributed by atoms with Gasteiger partial charge in [-0.3, -0.25) is 14.0 Å². The first-order valence-electron chi connectivity index (χ1n) is 10.3. The average Bonchev–Trinajstić information content (AvgIpc) is 3.22. The summed E-state index contributed by atoms with van der Waals surface area (Å²) in [5, 5.41) is 11.4. The minimum atomic E-state index is -0.665. The van der Waals surface area contributed by atoms with Gasteiger partial charge in [0.15, 0.2) is 5.76 Å². The molecule has 0 aliphatic carbocycles. The van der Waals surface area contributed by atoms with E-state index in [-0.39, 0.29) is 11.3 Å². The van der Waals surface area contributed by atoms with Gasteiger partial charge in [-0.05, 0) is 51.7 Å². The molecular weight excluding hydrogens is 392 g/mol. The standard InChI is InChI=1S/C24H26N4O3/c1-16-20(27-14-8-7-12-18(27)25-16)22(29)19-21(17-10-5-4-6-11-17)28(24(31)23(19)30)15-9-13-26(2)3/h4-8,10-12,14,21,29H,9,13,15H2,1-3H3/b22-19+/t21-/m1/s1. The zero-order valence-corrected chi connectivity index (χ0v) is 17.9. The van der Waals surface area contributed by atoms with Crippen LogP contribution in [-0.2, 0) is 9.59 Å². The van der Waals surface area contributed by atoms with Gasteiger partial charge in [0.1, 0.15) is 11.3 Å². The van der Waals surface area contributed by atoms with Gasteiger partial charge in [0.05, 0.1) is 17.3 Å². The van der Waals surface area contributed by atoms with E-state index in [0.29, 0.717) is 23.6 Å². The zero-order valence-electron chi connectivity index (χ0n) is 17.9. The number of aromatic nitrogens is 2. The number of hydrogen-bond donors (Lipinski definition) is 1. The summed E-state index contributed by atoms with van der Waals surface area (Å²) < 4.78 is 1.74. The van der Waals surface area contributed by atoms with E-state index in [1.807, 2.05) is 67.5 Å². The summed E-state index contributed by atoms with van der Waals surface area (Å²) in [6.45, 7) is 2.99. The van der Waals surface area contributed by atoms with Crippen LogP contribution in [0.4, 0.5) is 0 Å². The molecule has 31 heavy (non-hydrogen) atoms. The topological polar surface area (TPSA) is 78.1 Å². The summed E-state index contributed by atoms with van der Waals surface area (Å²) >= 11 is 0. The van der Waals surface area contributed by atoms with E-state index in [2.05, 4.69) is 4.98 Å². The van der Waals surface area contributed by atoms with Gasteiger partial charge in [-0.1, -0.05) is 36.4 Å². The number of rotatable bonds is 6. The van der Waals surface area contributed by atoms with Crippen LogP contribution in [0.2, 0.25) is 0 Å². The highest BCUT2D eigenvalue weighted by molar-refractivity contribution is 6.46. The van der Waals surface area contributed by atoms with Crippen molar-refractivity contribution in [1.29, 1.82) is 0 Å². The molecule has 7 heteroatoms. The van der Waals surface area contributed by atoms with Crippen molar-refractivity contribution in [3.63, 3.8) is 0 Å². The Hall–Kier alpha value is -3.45. The van der Waals surface area contributed by atoms with Crippen LogP contribution in [0.3, 0.4) is 0 Å². The Balaban J connectivity index is 1.86. The summed E-state index contributed by atoms with van der Waals surface area (Å²) in [6.07, 6.45) is 2.51. The lowest BCUT2D eigenvalue weighted by atomic mass is 9.96. The molecule has 1 aliphatic heterocycles. The number of likely N-dealkylation sites (tertiary alicyclic amines) is 1. The number of aliphatic hydroxyl groups is 1. The number of carbonyl (C=O) groups is 2. The molecule has 1 N–H and O–H groups in total. The predicted molar refractivity (Wildman–Crippen MR) is 119 cm³/mol. The predicted octanol–water partition coefficient (Wildman–Crippen LogP) is 3.02. The third-order valence-corrected chi connectivity index (χ3v) is 5.59. The molecule has 1 fully saturated rings. The van der Waals surface area contributed by atoms with Crippen molar-refractivity contribution in [3.8, 4) is 0 Å². The van der Waals surface area contributed by atoms with E-state index < -0.39 is 17.7 Å². The fourth-order valence-electron chi connectivity index (χ4n) is 4.18. The number of Topliss-reactive ketones (excluding diaryl/α,β-unsaturated/α-hetero) is 1. The third kappa shape index (κ3) is 3.72. The number of hydrogen-bond acceptors (Lipinski definition) is 5. The first-order valence-corrected chi connectivity index (χ1v) is 10.3. The number of fused-ring (bicyclic) bond motifs is 1. The summed E-state index contributed by atoms with van der Waals surface area (Å²) in [6, 6.07) is 14.3. The SMILES string of the molecule is Cc1nc2ccccn2c1/C(O)=C1\C(=O)C(=O)N(CCCN(C)C)[C@@H]1c1ccccc1. The quantitative estimate of drug-likeness (QED) is 0.378. The second kappa shape index (κ2) is 8.35. The van der Waals surface area contributed by atoms with Crippen molar-refractivity contribution >= 4 is 23.1 Å². The Kier molecular flexibility index (Phi) is 5.61. The minimum Gasteiger partial charge on any atom is -0.505 e. The molecule has 0 unspecified atom stereocenters. The van der Waals surface area contributed by atoms with E-state index in [1.54, 1.807) is 22.4 Å². The molecule has 7 nitrogen and oxygen atoms in total. The van der Waals surface area contributed by atoms with Crippen LogP contribution in [-0.4, -0.2) is 63.2 Å². The third-order valence-electron chi connectivity index (χ3n) is 5.59. The summed E-state index contributed by atoms with van der Waals surface area (Å²) in [5.74, 6) is -1.44. The maximum atomic E-state index is 13.1. The van der Waals surface area contributed by atoms with Crippen LogP contribution in [0.15, 0.2) is 60.3 Å². The summed E-state index contributed by atoms with van der Waals surface area (Å²) in [7, 11) is 3.94. The van der Waals surface area contributed by atoms with Gasteiger partial charge >= 0.3 is 0 Å². The molecular formula is C24H26N4O3. The maximum absolute atomic E-state index is 13.1. The molecule has 1 aromatic carbocycles. The van der Waals surface area contributed by atoms with E-state index in [4.69, 9.17) is 0 Å². The normalized spacial score (nSPS) is 18.5. The van der Waals surface area contributed by atoms with Crippen LogP contribution in [0.5, 0.6) is 0 Å². The molecule has 160 valence electrons. The lowest BCUT2D eigenvalue weighted by molar-refractivity contribution is -0.139. The fraction of sp³-hybridized carbons (Fsp3) is 0.292. The number of ketones is 1. The first kappa shape index (κ1) is 20.8. The van der Waals surface area contributed by atoms with Crippen LogP contribution in [0, 0.1) is 6.92 Å².